The maximum atomic E-state index is 11.4. The molecule has 0 saturated heterocycles. The number of carbonyl (C=O) groups is 1. The van der Waals surface area contributed by atoms with Gasteiger partial charge in [0.15, 0.2) is 0 Å². The normalized spacial score (nSPS) is 9.90. The van der Waals surface area contributed by atoms with Gasteiger partial charge < -0.3 is 16.4 Å². The molecule has 0 fully saturated rings. The molecular formula is C17H39N3O. The molecule has 21 heavy (non-hydrogen) atoms. The summed E-state index contributed by atoms with van der Waals surface area (Å²) in [7, 11) is 3.75. The van der Waals surface area contributed by atoms with Crippen molar-refractivity contribution in [2.45, 2.75) is 77.6 Å². The van der Waals surface area contributed by atoms with Gasteiger partial charge in [-0.15, -0.1) is 0 Å². The topological polar surface area (TPSA) is 67.2 Å². The maximum Gasteiger partial charge on any atom is 0.219 e. The lowest BCUT2D eigenvalue weighted by atomic mass is 10.1. The van der Waals surface area contributed by atoms with E-state index < -0.39 is 0 Å². The van der Waals surface area contributed by atoms with Gasteiger partial charge in [-0.2, -0.15) is 0 Å². The number of unbranched alkanes of at least 4 members (excludes halogenated alkanes) is 8. The fraction of sp³-hybridized carbons (Fsp3) is 0.941. The number of nitrogens with one attached hydrogen (secondary N) is 2. The first-order chi connectivity index (χ1) is 10.2. The van der Waals surface area contributed by atoms with Crippen LogP contribution in [0.1, 0.15) is 77.6 Å². The smallest absolute Gasteiger partial charge is 0.219 e. The fourth-order valence-electron chi connectivity index (χ4n) is 2.01. The zero-order chi connectivity index (χ0) is 16.2. The minimum Gasteiger partial charge on any atom is -0.356 e. The standard InChI is InChI=1S/C15H32N2O.C2H7N/c1-2-3-4-5-6-7-8-9-10-12-15(18)17-14-11-13-16;1-3-2/h2-14,16H2,1H3,(H,17,18);3H,1-2H3. The molecule has 0 heterocycles. The van der Waals surface area contributed by atoms with Crippen molar-refractivity contribution in [3.05, 3.63) is 0 Å². The average Bonchev–Trinajstić information content (AvgIpc) is 2.47. The summed E-state index contributed by atoms with van der Waals surface area (Å²) in [5, 5.41) is 5.64. The molecule has 0 rings (SSSR count). The highest BCUT2D eigenvalue weighted by Gasteiger charge is 1.99. The summed E-state index contributed by atoms with van der Waals surface area (Å²) in [6, 6.07) is 0. The van der Waals surface area contributed by atoms with Crippen LogP contribution in [-0.4, -0.2) is 33.1 Å². The predicted octanol–water partition coefficient (Wildman–Crippen LogP) is 3.21. The van der Waals surface area contributed by atoms with Crippen LogP contribution in [0.25, 0.3) is 0 Å². The Hall–Kier alpha value is -0.610. The summed E-state index contributed by atoms with van der Waals surface area (Å²) in [6.45, 7) is 3.63. The minimum atomic E-state index is 0.186. The van der Waals surface area contributed by atoms with Gasteiger partial charge in [0.1, 0.15) is 0 Å². The molecule has 0 atom stereocenters. The van der Waals surface area contributed by atoms with Crippen LogP contribution in [0, 0.1) is 0 Å². The van der Waals surface area contributed by atoms with E-state index in [0.717, 1.165) is 19.4 Å². The Balaban J connectivity index is 0. The number of nitrogens with two attached hydrogens (primary N) is 1. The molecular weight excluding hydrogens is 262 g/mol. The Bertz CT molecular complexity index is 198. The van der Waals surface area contributed by atoms with Crippen molar-refractivity contribution in [1.82, 2.24) is 10.6 Å². The summed E-state index contributed by atoms with van der Waals surface area (Å²) in [5.74, 6) is 0.186. The van der Waals surface area contributed by atoms with Gasteiger partial charge in [0.05, 0.1) is 0 Å². The van der Waals surface area contributed by atoms with E-state index in [2.05, 4.69) is 17.6 Å². The lowest BCUT2D eigenvalue weighted by Gasteiger charge is -2.04. The van der Waals surface area contributed by atoms with Crippen molar-refractivity contribution in [3.63, 3.8) is 0 Å². The molecule has 4 N–H and O–H groups in total. The third-order valence-corrected chi connectivity index (χ3v) is 3.21. The predicted molar refractivity (Wildman–Crippen MR) is 93.5 cm³/mol. The van der Waals surface area contributed by atoms with Gasteiger partial charge in [0.2, 0.25) is 5.91 Å². The Morgan fingerprint density at radius 1 is 0.857 bits per heavy atom. The monoisotopic (exact) mass is 301 g/mol. The highest BCUT2D eigenvalue weighted by Crippen LogP contribution is 2.10. The second kappa shape index (κ2) is 21.7. The Kier molecular flexibility index (Phi) is 23.4. The number of rotatable bonds is 13. The lowest BCUT2D eigenvalue weighted by molar-refractivity contribution is -0.121. The van der Waals surface area contributed by atoms with Crippen LogP contribution >= 0.6 is 0 Å². The third-order valence-electron chi connectivity index (χ3n) is 3.21. The van der Waals surface area contributed by atoms with E-state index in [-0.39, 0.29) is 5.91 Å². The van der Waals surface area contributed by atoms with Crippen molar-refractivity contribution >= 4 is 5.91 Å². The number of carbonyl (C=O) groups excluding carboxylic acids is 1. The largest absolute Gasteiger partial charge is 0.356 e. The van der Waals surface area contributed by atoms with Crippen LogP contribution in [-0.2, 0) is 4.79 Å². The molecule has 4 heteroatoms. The highest BCUT2D eigenvalue weighted by molar-refractivity contribution is 5.75. The van der Waals surface area contributed by atoms with E-state index in [1.807, 2.05) is 14.1 Å². The quantitative estimate of drug-likeness (QED) is 0.458. The lowest BCUT2D eigenvalue weighted by Crippen LogP contribution is -2.25. The molecule has 0 saturated carbocycles. The van der Waals surface area contributed by atoms with Gasteiger partial charge in [-0.25, -0.2) is 0 Å². The van der Waals surface area contributed by atoms with Gasteiger partial charge in [-0.3, -0.25) is 4.79 Å². The second-order valence-electron chi connectivity index (χ2n) is 5.57. The molecule has 0 spiro atoms. The SMILES string of the molecule is CCCCCCCCCCCC(=O)NCCCN.CNC. The first kappa shape index (κ1) is 22.7. The van der Waals surface area contributed by atoms with Crippen LogP contribution in [0.15, 0.2) is 0 Å². The van der Waals surface area contributed by atoms with Crippen molar-refractivity contribution in [2.24, 2.45) is 5.73 Å². The van der Waals surface area contributed by atoms with E-state index in [4.69, 9.17) is 5.73 Å². The molecule has 0 bridgehead atoms. The van der Waals surface area contributed by atoms with E-state index in [9.17, 15) is 4.79 Å². The first-order valence-corrected chi connectivity index (χ1v) is 8.78. The Labute approximate surface area is 132 Å². The molecule has 0 radical (unpaired) electrons. The summed E-state index contributed by atoms with van der Waals surface area (Å²) >= 11 is 0. The Morgan fingerprint density at radius 3 is 1.81 bits per heavy atom. The highest BCUT2D eigenvalue weighted by atomic mass is 16.1. The van der Waals surface area contributed by atoms with E-state index in [0.29, 0.717) is 13.0 Å². The van der Waals surface area contributed by atoms with Gasteiger partial charge in [0, 0.05) is 13.0 Å². The van der Waals surface area contributed by atoms with Crippen molar-refractivity contribution in [2.75, 3.05) is 27.2 Å². The van der Waals surface area contributed by atoms with Crippen LogP contribution < -0.4 is 16.4 Å². The summed E-state index contributed by atoms with van der Waals surface area (Å²) in [5.41, 5.74) is 5.36. The molecule has 0 aliphatic carbocycles. The number of amides is 1. The maximum absolute atomic E-state index is 11.4. The molecule has 1 amide bonds. The molecule has 0 aliphatic heterocycles. The molecule has 0 aromatic carbocycles. The van der Waals surface area contributed by atoms with Gasteiger partial charge in [-0.1, -0.05) is 58.3 Å². The van der Waals surface area contributed by atoms with Crippen LogP contribution in [0.2, 0.25) is 0 Å². The van der Waals surface area contributed by atoms with Crippen molar-refractivity contribution in [1.29, 1.82) is 0 Å². The minimum absolute atomic E-state index is 0.186. The molecule has 0 aliphatic rings. The van der Waals surface area contributed by atoms with E-state index in [1.165, 1.54) is 51.4 Å². The number of hydrogen-bond donors (Lipinski definition) is 3. The van der Waals surface area contributed by atoms with Crippen LogP contribution in [0.3, 0.4) is 0 Å². The van der Waals surface area contributed by atoms with Crippen LogP contribution in [0.4, 0.5) is 0 Å². The van der Waals surface area contributed by atoms with Crippen molar-refractivity contribution < 1.29 is 4.79 Å². The molecule has 0 aromatic rings. The van der Waals surface area contributed by atoms with Crippen molar-refractivity contribution in [3.8, 4) is 0 Å². The zero-order valence-electron chi connectivity index (χ0n) is 14.7. The van der Waals surface area contributed by atoms with Crippen LogP contribution in [0.5, 0.6) is 0 Å². The molecule has 128 valence electrons. The molecule has 4 nitrogen and oxygen atoms in total. The van der Waals surface area contributed by atoms with Gasteiger partial charge in [-0.05, 0) is 33.5 Å². The number of hydrogen-bond acceptors (Lipinski definition) is 3. The van der Waals surface area contributed by atoms with Gasteiger partial charge >= 0.3 is 0 Å². The fourth-order valence-corrected chi connectivity index (χ4v) is 2.01. The zero-order valence-corrected chi connectivity index (χ0v) is 14.7. The van der Waals surface area contributed by atoms with Gasteiger partial charge in [0.25, 0.3) is 0 Å². The third kappa shape index (κ3) is 24.8. The summed E-state index contributed by atoms with van der Waals surface area (Å²) in [6.07, 6.45) is 13.2. The molecule has 0 aromatic heterocycles. The summed E-state index contributed by atoms with van der Waals surface area (Å²) in [4.78, 5) is 11.4. The van der Waals surface area contributed by atoms with E-state index in [1.54, 1.807) is 0 Å². The first-order valence-electron chi connectivity index (χ1n) is 8.78. The second-order valence-corrected chi connectivity index (χ2v) is 5.57. The molecule has 0 unspecified atom stereocenters. The summed E-state index contributed by atoms with van der Waals surface area (Å²) < 4.78 is 0. The average molecular weight is 302 g/mol. The van der Waals surface area contributed by atoms with E-state index >= 15 is 0 Å². The Morgan fingerprint density at radius 2 is 1.33 bits per heavy atom.